The molecule has 0 aliphatic carbocycles. The topological polar surface area (TPSA) is 54.4 Å². The van der Waals surface area contributed by atoms with Crippen LogP contribution in [0.3, 0.4) is 0 Å². The number of carboxylic acids is 1. The van der Waals surface area contributed by atoms with Gasteiger partial charge >= 0.3 is 5.97 Å². The minimum Gasteiger partial charge on any atom is -0.481 e. The van der Waals surface area contributed by atoms with Crippen molar-refractivity contribution in [1.82, 2.24) is 0 Å². The average molecular weight is 295 g/mol. The highest BCUT2D eigenvalue weighted by Crippen LogP contribution is 2.23. The Hall–Kier alpha value is -0.580. The molecule has 1 aromatic carbocycles. The molecule has 0 aliphatic rings. The highest BCUT2D eigenvalue weighted by atomic mass is 35.5. The zero-order valence-electron chi connectivity index (χ0n) is 8.99. The van der Waals surface area contributed by atoms with Gasteiger partial charge in [0.2, 0.25) is 0 Å². The highest BCUT2D eigenvalue weighted by Gasteiger charge is 2.05. The first-order chi connectivity index (χ1) is 7.99. The van der Waals surface area contributed by atoms with E-state index < -0.39 is 16.8 Å². The van der Waals surface area contributed by atoms with Gasteiger partial charge in [-0.3, -0.25) is 9.00 Å². The molecule has 1 unspecified atom stereocenters. The lowest BCUT2D eigenvalue weighted by Crippen LogP contribution is -2.04. The summed E-state index contributed by atoms with van der Waals surface area (Å²) in [4.78, 5) is 10.3. The van der Waals surface area contributed by atoms with Gasteiger partial charge in [0.1, 0.15) is 0 Å². The summed E-state index contributed by atoms with van der Waals surface area (Å²) < 4.78 is 11.6. The van der Waals surface area contributed by atoms with Crippen molar-refractivity contribution in [1.29, 1.82) is 0 Å². The summed E-state index contributed by atoms with van der Waals surface area (Å²) in [6, 6.07) is 5.11. The third kappa shape index (κ3) is 5.52. The van der Waals surface area contributed by atoms with Crippen molar-refractivity contribution in [2.45, 2.75) is 18.6 Å². The Morgan fingerprint density at radius 1 is 1.29 bits per heavy atom. The monoisotopic (exact) mass is 294 g/mol. The van der Waals surface area contributed by atoms with Gasteiger partial charge in [-0.15, -0.1) is 0 Å². The molecule has 94 valence electrons. The predicted molar refractivity (Wildman–Crippen MR) is 70.0 cm³/mol. The Morgan fingerprint density at radius 2 is 2.00 bits per heavy atom. The molecule has 0 radical (unpaired) electrons. The van der Waals surface area contributed by atoms with Crippen LogP contribution in [0.4, 0.5) is 0 Å². The van der Waals surface area contributed by atoms with Crippen LogP contribution >= 0.6 is 23.2 Å². The van der Waals surface area contributed by atoms with Gasteiger partial charge in [0.05, 0.1) is 10.0 Å². The van der Waals surface area contributed by atoms with Crippen LogP contribution in [0, 0.1) is 0 Å². The zero-order chi connectivity index (χ0) is 12.8. The van der Waals surface area contributed by atoms with Crippen molar-refractivity contribution in [2.24, 2.45) is 0 Å². The molecule has 0 aromatic heterocycles. The van der Waals surface area contributed by atoms with E-state index in [2.05, 4.69) is 0 Å². The quantitative estimate of drug-likeness (QED) is 0.877. The Morgan fingerprint density at radius 3 is 2.59 bits per heavy atom. The van der Waals surface area contributed by atoms with Crippen molar-refractivity contribution in [2.75, 3.05) is 5.75 Å². The maximum Gasteiger partial charge on any atom is 0.303 e. The number of benzene rings is 1. The standard InChI is InChI=1S/C11H12Cl2O3S/c12-9-4-3-8(6-10(9)13)7-17(16)5-1-2-11(14)15/h3-4,6H,1-2,5,7H2,(H,14,15). The fourth-order valence-electron chi connectivity index (χ4n) is 1.27. The van der Waals surface area contributed by atoms with Gasteiger partial charge in [0.15, 0.2) is 0 Å². The van der Waals surface area contributed by atoms with Crippen LogP contribution in [-0.2, 0) is 21.3 Å². The van der Waals surface area contributed by atoms with Gasteiger partial charge in [0.25, 0.3) is 0 Å². The van der Waals surface area contributed by atoms with E-state index in [1.807, 2.05) is 0 Å². The summed E-state index contributed by atoms with van der Waals surface area (Å²) >= 11 is 11.6. The number of hydrogen-bond acceptors (Lipinski definition) is 2. The molecule has 1 N–H and O–H groups in total. The SMILES string of the molecule is O=C(O)CCCS(=O)Cc1ccc(Cl)c(Cl)c1. The first-order valence-electron chi connectivity index (χ1n) is 4.99. The van der Waals surface area contributed by atoms with E-state index in [4.69, 9.17) is 28.3 Å². The lowest BCUT2D eigenvalue weighted by molar-refractivity contribution is -0.137. The molecule has 6 heteroatoms. The molecule has 0 saturated carbocycles. The summed E-state index contributed by atoms with van der Waals surface area (Å²) in [6.45, 7) is 0. The Kier molecular flexibility index (Phi) is 5.95. The fourth-order valence-corrected chi connectivity index (χ4v) is 2.75. The zero-order valence-corrected chi connectivity index (χ0v) is 11.3. The molecule has 1 aromatic rings. The van der Waals surface area contributed by atoms with Crippen LogP contribution < -0.4 is 0 Å². The van der Waals surface area contributed by atoms with Gasteiger partial charge < -0.3 is 5.11 Å². The maximum atomic E-state index is 11.6. The molecule has 0 fully saturated rings. The van der Waals surface area contributed by atoms with Crippen molar-refractivity contribution in [3.63, 3.8) is 0 Å². The molecule has 0 heterocycles. The smallest absolute Gasteiger partial charge is 0.303 e. The van der Waals surface area contributed by atoms with E-state index in [0.29, 0.717) is 28.0 Å². The van der Waals surface area contributed by atoms with E-state index in [0.717, 1.165) is 5.56 Å². The number of carboxylic acid groups (broad SMARTS) is 1. The molecule has 0 amide bonds. The minimum absolute atomic E-state index is 0.0487. The van der Waals surface area contributed by atoms with Crippen molar-refractivity contribution in [3.8, 4) is 0 Å². The molecular weight excluding hydrogens is 283 g/mol. The second kappa shape index (κ2) is 6.99. The number of carbonyl (C=O) groups is 1. The van der Waals surface area contributed by atoms with Crippen molar-refractivity contribution < 1.29 is 14.1 Å². The van der Waals surface area contributed by atoms with E-state index in [-0.39, 0.29) is 6.42 Å². The summed E-state index contributed by atoms with van der Waals surface area (Å²) in [6.07, 6.45) is 0.469. The first-order valence-corrected chi connectivity index (χ1v) is 7.24. The van der Waals surface area contributed by atoms with Crippen LogP contribution in [0.2, 0.25) is 10.0 Å². The number of hydrogen-bond donors (Lipinski definition) is 1. The Balaban J connectivity index is 2.45. The summed E-state index contributed by atoms with van der Waals surface area (Å²) in [5.74, 6) is -0.111. The fraction of sp³-hybridized carbons (Fsp3) is 0.364. The molecule has 0 saturated heterocycles. The number of halogens is 2. The van der Waals surface area contributed by atoms with Crippen LogP contribution in [0.5, 0.6) is 0 Å². The second-order valence-electron chi connectivity index (χ2n) is 3.53. The predicted octanol–water partition coefficient (Wildman–Crippen LogP) is 3.11. The van der Waals surface area contributed by atoms with Crippen LogP contribution in [0.15, 0.2) is 18.2 Å². The molecule has 0 spiro atoms. The maximum absolute atomic E-state index is 11.6. The van der Waals surface area contributed by atoms with Crippen molar-refractivity contribution in [3.05, 3.63) is 33.8 Å². The Labute approximate surface area is 112 Å². The first kappa shape index (κ1) is 14.5. The molecule has 1 rings (SSSR count). The van der Waals surface area contributed by atoms with E-state index in [1.165, 1.54) is 0 Å². The average Bonchev–Trinajstić information content (AvgIpc) is 2.23. The lowest BCUT2D eigenvalue weighted by Gasteiger charge is -2.03. The number of aliphatic carboxylic acids is 1. The highest BCUT2D eigenvalue weighted by molar-refractivity contribution is 7.84. The van der Waals surface area contributed by atoms with E-state index in [9.17, 15) is 9.00 Å². The number of rotatable bonds is 6. The van der Waals surface area contributed by atoms with Crippen molar-refractivity contribution >= 4 is 40.0 Å². The molecule has 17 heavy (non-hydrogen) atoms. The summed E-state index contributed by atoms with van der Waals surface area (Å²) in [5.41, 5.74) is 0.841. The van der Waals surface area contributed by atoms with Gasteiger partial charge in [-0.05, 0) is 24.1 Å². The third-order valence-corrected chi connectivity index (χ3v) is 4.21. The van der Waals surface area contributed by atoms with E-state index >= 15 is 0 Å². The molecule has 0 bridgehead atoms. The third-order valence-electron chi connectivity index (χ3n) is 2.07. The van der Waals surface area contributed by atoms with Crippen LogP contribution in [0.25, 0.3) is 0 Å². The Bertz CT molecular complexity index is 435. The lowest BCUT2D eigenvalue weighted by atomic mass is 10.2. The van der Waals surface area contributed by atoms with Gasteiger partial charge in [-0.1, -0.05) is 29.3 Å². The van der Waals surface area contributed by atoms with Gasteiger partial charge in [0, 0.05) is 28.7 Å². The summed E-state index contributed by atoms with van der Waals surface area (Å²) in [7, 11) is -1.07. The molecule has 1 atom stereocenters. The normalized spacial score (nSPS) is 12.4. The largest absolute Gasteiger partial charge is 0.481 e. The molecule has 0 aliphatic heterocycles. The minimum atomic E-state index is -1.07. The van der Waals surface area contributed by atoms with Gasteiger partial charge in [-0.2, -0.15) is 0 Å². The van der Waals surface area contributed by atoms with E-state index in [1.54, 1.807) is 18.2 Å². The van der Waals surface area contributed by atoms with Crippen LogP contribution in [0.1, 0.15) is 18.4 Å². The molecule has 3 nitrogen and oxygen atoms in total. The second-order valence-corrected chi connectivity index (χ2v) is 5.93. The molecular formula is C11H12Cl2O3S. The van der Waals surface area contributed by atoms with Crippen LogP contribution in [-0.4, -0.2) is 21.0 Å². The van der Waals surface area contributed by atoms with Gasteiger partial charge in [-0.25, -0.2) is 0 Å². The summed E-state index contributed by atoms with van der Waals surface area (Å²) in [5, 5.41) is 9.35.